The molecule has 0 unspecified atom stereocenters. The molecule has 3 rings (SSSR count). The summed E-state index contributed by atoms with van der Waals surface area (Å²) in [6.07, 6.45) is 3.03. The molecule has 3 heterocycles. The molecule has 0 spiro atoms. The molecule has 2 N–H and O–H groups in total. The molecule has 0 radical (unpaired) electrons. The van der Waals surface area contributed by atoms with Gasteiger partial charge in [0.1, 0.15) is 12.0 Å². The standard InChI is InChI=1S/C11H8N4O/c16-11-7-5-9(8-3-1-2-4-12-8)15-10(7)13-6-14-11/h1-6H,(H2,13,14,15,16). The van der Waals surface area contributed by atoms with E-state index in [1.54, 1.807) is 12.3 Å². The molecule has 0 aliphatic rings. The summed E-state index contributed by atoms with van der Waals surface area (Å²) in [5, 5.41) is 10.1. The first-order valence-corrected chi connectivity index (χ1v) is 4.79. The summed E-state index contributed by atoms with van der Waals surface area (Å²) in [5.41, 5.74) is 2.22. The second-order valence-electron chi connectivity index (χ2n) is 3.36. The van der Waals surface area contributed by atoms with Gasteiger partial charge in [-0.15, -0.1) is 0 Å². The summed E-state index contributed by atoms with van der Waals surface area (Å²) in [5.74, 6) is -0.0246. The Morgan fingerprint density at radius 3 is 2.81 bits per heavy atom. The van der Waals surface area contributed by atoms with Crippen LogP contribution in [-0.2, 0) is 0 Å². The van der Waals surface area contributed by atoms with E-state index in [-0.39, 0.29) is 5.88 Å². The van der Waals surface area contributed by atoms with Gasteiger partial charge in [0.15, 0.2) is 0 Å². The van der Waals surface area contributed by atoms with E-state index < -0.39 is 0 Å². The highest BCUT2D eigenvalue weighted by Crippen LogP contribution is 2.25. The quantitative estimate of drug-likeness (QED) is 0.644. The van der Waals surface area contributed by atoms with Crippen molar-refractivity contribution < 1.29 is 5.11 Å². The van der Waals surface area contributed by atoms with Crippen LogP contribution in [0.25, 0.3) is 22.4 Å². The van der Waals surface area contributed by atoms with Crippen molar-refractivity contribution in [3.63, 3.8) is 0 Å². The Balaban J connectivity index is 2.23. The second-order valence-corrected chi connectivity index (χ2v) is 3.36. The van der Waals surface area contributed by atoms with E-state index in [2.05, 4.69) is 19.9 Å². The topological polar surface area (TPSA) is 74.7 Å². The third-order valence-electron chi connectivity index (χ3n) is 2.35. The van der Waals surface area contributed by atoms with Crippen LogP contribution in [0.15, 0.2) is 36.8 Å². The molecule has 3 aromatic rings. The Morgan fingerprint density at radius 1 is 1.12 bits per heavy atom. The van der Waals surface area contributed by atoms with Crippen LogP contribution < -0.4 is 0 Å². The minimum absolute atomic E-state index is 0.0246. The van der Waals surface area contributed by atoms with Gasteiger partial charge in [-0.25, -0.2) is 9.97 Å². The summed E-state index contributed by atoms with van der Waals surface area (Å²) < 4.78 is 0. The van der Waals surface area contributed by atoms with Gasteiger partial charge in [0, 0.05) is 6.20 Å². The number of nitrogens with zero attached hydrogens (tertiary/aromatic N) is 3. The van der Waals surface area contributed by atoms with Crippen LogP contribution in [0.5, 0.6) is 5.88 Å². The van der Waals surface area contributed by atoms with Crippen LogP contribution >= 0.6 is 0 Å². The maximum atomic E-state index is 9.54. The lowest BCUT2D eigenvalue weighted by Gasteiger charge is -1.93. The van der Waals surface area contributed by atoms with Crippen molar-refractivity contribution in [1.29, 1.82) is 0 Å². The Hall–Kier alpha value is -2.43. The van der Waals surface area contributed by atoms with Crippen molar-refractivity contribution in [2.75, 3.05) is 0 Å². The van der Waals surface area contributed by atoms with E-state index in [4.69, 9.17) is 0 Å². The zero-order valence-electron chi connectivity index (χ0n) is 8.25. The lowest BCUT2D eigenvalue weighted by atomic mass is 10.2. The van der Waals surface area contributed by atoms with Gasteiger partial charge in [-0.2, -0.15) is 0 Å². The number of H-pyrrole nitrogens is 1. The average molecular weight is 212 g/mol. The fourth-order valence-corrected chi connectivity index (χ4v) is 1.59. The zero-order chi connectivity index (χ0) is 11.0. The van der Waals surface area contributed by atoms with E-state index in [0.717, 1.165) is 11.4 Å². The van der Waals surface area contributed by atoms with Gasteiger partial charge >= 0.3 is 0 Å². The highest BCUT2D eigenvalue weighted by Gasteiger charge is 2.08. The van der Waals surface area contributed by atoms with Crippen molar-refractivity contribution >= 4 is 11.0 Å². The molecular weight excluding hydrogens is 204 g/mol. The van der Waals surface area contributed by atoms with Gasteiger partial charge in [-0.05, 0) is 18.2 Å². The summed E-state index contributed by atoms with van der Waals surface area (Å²) in [6, 6.07) is 7.42. The predicted octanol–water partition coefficient (Wildman–Crippen LogP) is 1.73. The minimum Gasteiger partial charge on any atom is -0.493 e. The SMILES string of the molecule is Oc1ncnc2[nH]c(-c3ccccn3)cc12. The normalized spacial score (nSPS) is 10.8. The molecule has 0 aliphatic heterocycles. The van der Waals surface area contributed by atoms with E-state index in [0.29, 0.717) is 11.0 Å². The molecule has 78 valence electrons. The summed E-state index contributed by atoms with van der Waals surface area (Å²) in [4.78, 5) is 15.0. The number of fused-ring (bicyclic) bond motifs is 1. The molecule has 0 fully saturated rings. The van der Waals surface area contributed by atoms with E-state index in [9.17, 15) is 5.11 Å². The molecule has 16 heavy (non-hydrogen) atoms. The first-order valence-electron chi connectivity index (χ1n) is 4.79. The van der Waals surface area contributed by atoms with Crippen molar-refractivity contribution in [3.8, 4) is 17.3 Å². The molecule has 0 atom stereocenters. The van der Waals surface area contributed by atoms with Crippen molar-refractivity contribution in [2.24, 2.45) is 0 Å². The van der Waals surface area contributed by atoms with Crippen LogP contribution in [0.4, 0.5) is 0 Å². The first kappa shape index (κ1) is 8.84. The van der Waals surface area contributed by atoms with Gasteiger partial charge < -0.3 is 10.1 Å². The van der Waals surface area contributed by atoms with Gasteiger partial charge in [0.2, 0.25) is 5.88 Å². The molecular formula is C11H8N4O. The van der Waals surface area contributed by atoms with Crippen molar-refractivity contribution in [3.05, 3.63) is 36.8 Å². The molecule has 0 saturated carbocycles. The second kappa shape index (κ2) is 3.30. The van der Waals surface area contributed by atoms with Crippen molar-refractivity contribution in [2.45, 2.75) is 0 Å². The zero-order valence-corrected chi connectivity index (χ0v) is 8.25. The minimum atomic E-state index is -0.0246. The van der Waals surface area contributed by atoms with E-state index >= 15 is 0 Å². The summed E-state index contributed by atoms with van der Waals surface area (Å²) in [6.45, 7) is 0. The third-order valence-corrected chi connectivity index (χ3v) is 2.35. The number of rotatable bonds is 1. The molecule has 0 aromatic carbocycles. The first-order chi connectivity index (χ1) is 7.84. The highest BCUT2D eigenvalue weighted by atomic mass is 16.3. The van der Waals surface area contributed by atoms with Gasteiger partial charge in [-0.3, -0.25) is 4.98 Å². The average Bonchev–Trinajstić information content (AvgIpc) is 2.76. The van der Waals surface area contributed by atoms with Crippen LogP contribution in [0.1, 0.15) is 0 Å². The van der Waals surface area contributed by atoms with Gasteiger partial charge in [0.25, 0.3) is 0 Å². The molecule has 0 amide bonds. The smallest absolute Gasteiger partial charge is 0.223 e. The lowest BCUT2D eigenvalue weighted by Crippen LogP contribution is -1.81. The number of hydrogen-bond acceptors (Lipinski definition) is 4. The maximum Gasteiger partial charge on any atom is 0.223 e. The Morgan fingerprint density at radius 2 is 2.06 bits per heavy atom. The molecule has 3 aromatic heterocycles. The largest absolute Gasteiger partial charge is 0.493 e. The van der Waals surface area contributed by atoms with E-state index in [1.807, 2.05) is 18.2 Å². The lowest BCUT2D eigenvalue weighted by molar-refractivity contribution is 0.459. The Kier molecular flexibility index (Phi) is 1.83. The van der Waals surface area contributed by atoms with Crippen LogP contribution in [0, 0.1) is 0 Å². The molecule has 0 aliphatic carbocycles. The van der Waals surface area contributed by atoms with Gasteiger partial charge in [-0.1, -0.05) is 6.07 Å². The van der Waals surface area contributed by atoms with E-state index in [1.165, 1.54) is 6.33 Å². The maximum absolute atomic E-state index is 9.54. The molecule has 5 heteroatoms. The Labute approximate surface area is 90.8 Å². The molecule has 0 saturated heterocycles. The van der Waals surface area contributed by atoms with Gasteiger partial charge in [0.05, 0.1) is 16.8 Å². The van der Waals surface area contributed by atoms with Crippen LogP contribution in [0.3, 0.4) is 0 Å². The Bertz CT molecular complexity index is 633. The predicted molar refractivity (Wildman–Crippen MR) is 58.8 cm³/mol. The monoisotopic (exact) mass is 212 g/mol. The number of pyridine rings is 1. The number of aromatic hydroxyl groups is 1. The number of hydrogen-bond donors (Lipinski definition) is 2. The summed E-state index contributed by atoms with van der Waals surface area (Å²) in [7, 11) is 0. The van der Waals surface area contributed by atoms with Crippen molar-refractivity contribution in [1.82, 2.24) is 19.9 Å². The highest BCUT2D eigenvalue weighted by molar-refractivity contribution is 5.85. The summed E-state index contributed by atoms with van der Waals surface area (Å²) >= 11 is 0. The van der Waals surface area contributed by atoms with Crippen LogP contribution in [0.2, 0.25) is 0 Å². The fraction of sp³-hybridized carbons (Fsp3) is 0. The molecule has 5 nitrogen and oxygen atoms in total. The number of aromatic amines is 1. The number of nitrogens with one attached hydrogen (secondary N) is 1. The van der Waals surface area contributed by atoms with Crippen LogP contribution in [-0.4, -0.2) is 25.0 Å². The fourth-order valence-electron chi connectivity index (χ4n) is 1.59. The number of aromatic nitrogens is 4. The third kappa shape index (κ3) is 1.30. The molecule has 0 bridgehead atoms.